The van der Waals surface area contributed by atoms with Crippen LogP contribution >= 0.6 is 11.3 Å². The zero-order chi connectivity index (χ0) is 19.0. The highest BCUT2D eigenvalue weighted by Gasteiger charge is 2.33. The highest BCUT2D eigenvalue weighted by molar-refractivity contribution is 7.18. The molecule has 2 heterocycles. The monoisotopic (exact) mass is 378 g/mol. The van der Waals surface area contributed by atoms with Crippen molar-refractivity contribution < 1.29 is 9.53 Å². The number of para-hydroxylation sites is 1. The molecule has 0 N–H and O–H groups in total. The molecule has 4 nitrogen and oxygen atoms in total. The SMILES string of the molecule is COc1ccccc1-c1cnc(-c2ccc3c(n2)CC(C)(C)CC3C=O)s1. The van der Waals surface area contributed by atoms with Gasteiger partial charge in [0, 0.05) is 23.4 Å². The lowest BCUT2D eigenvalue weighted by atomic mass is 9.71. The minimum atomic E-state index is -0.0641. The van der Waals surface area contributed by atoms with E-state index in [0.717, 1.165) is 57.3 Å². The quantitative estimate of drug-likeness (QED) is 0.590. The number of hydrogen-bond acceptors (Lipinski definition) is 5. The molecule has 3 aromatic rings. The molecule has 1 unspecified atom stereocenters. The van der Waals surface area contributed by atoms with Gasteiger partial charge in [-0.2, -0.15) is 0 Å². The van der Waals surface area contributed by atoms with Crippen LogP contribution in [0.2, 0.25) is 0 Å². The van der Waals surface area contributed by atoms with Gasteiger partial charge in [0.25, 0.3) is 0 Å². The summed E-state index contributed by atoms with van der Waals surface area (Å²) in [6, 6.07) is 12.0. The fourth-order valence-electron chi connectivity index (χ4n) is 3.83. The lowest BCUT2D eigenvalue weighted by Crippen LogP contribution is -2.27. The van der Waals surface area contributed by atoms with Gasteiger partial charge in [0.1, 0.15) is 17.0 Å². The Kier molecular flexibility index (Phi) is 4.56. The molecular formula is C22H22N2O2S. The summed E-state index contributed by atoms with van der Waals surface area (Å²) in [6.45, 7) is 4.40. The molecule has 0 amide bonds. The number of hydrogen-bond donors (Lipinski definition) is 0. The summed E-state index contributed by atoms with van der Waals surface area (Å²) < 4.78 is 5.47. The van der Waals surface area contributed by atoms with Gasteiger partial charge in [-0.05, 0) is 42.0 Å². The number of rotatable bonds is 4. The molecule has 4 rings (SSSR count). The Morgan fingerprint density at radius 2 is 2.04 bits per heavy atom. The molecule has 0 bridgehead atoms. The normalized spacial score (nSPS) is 18.0. The number of aldehydes is 1. The first-order valence-electron chi connectivity index (χ1n) is 9.05. The number of methoxy groups -OCH3 is 1. The summed E-state index contributed by atoms with van der Waals surface area (Å²) in [5.74, 6) is 0.771. The summed E-state index contributed by atoms with van der Waals surface area (Å²) in [5, 5.41) is 0.879. The average Bonchev–Trinajstić information content (AvgIpc) is 3.16. The van der Waals surface area contributed by atoms with Crippen LogP contribution in [0.15, 0.2) is 42.6 Å². The molecule has 0 spiro atoms. The number of aromatic nitrogens is 2. The van der Waals surface area contributed by atoms with Gasteiger partial charge >= 0.3 is 0 Å². The van der Waals surface area contributed by atoms with Crippen LogP contribution in [-0.2, 0) is 11.2 Å². The van der Waals surface area contributed by atoms with Crippen molar-refractivity contribution in [1.29, 1.82) is 0 Å². The second-order valence-corrected chi connectivity index (χ2v) is 8.78. The number of pyridine rings is 1. The number of nitrogens with zero attached hydrogens (tertiary/aromatic N) is 2. The van der Waals surface area contributed by atoms with Crippen LogP contribution in [0.3, 0.4) is 0 Å². The van der Waals surface area contributed by atoms with E-state index in [0.29, 0.717) is 0 Å². The van der Waals surface area contributed by atoms with Gasteiger partial charge in [-0.3, -0.25) is 0 Å². The highest BCUT2D eigenvalue weighted by atomic mass is 32.1. The second kappa shape index (κ2) is 6.89. The maximum atomic E-state index is 11.5. The van der Waals surface area contributed by atoms with Crippen LogP contribution < -0.4 is 4.74 Å². The van der Waals surface area contributed by atoms with Crippen LogP contribution in [0.4, 0.5) is 0 Å². The molecule has 1 aliphatic rings. The van der Waals surface area contributed by atoms with E-state index >= 15 is 0 Å². The van der Waals surface area contributed by atoms with Gasteiger partial charge in [-0.15, -0.1) is 11.3 Å². The Hall–Kier alpha value is -2.53. The smallest absolute Gasteiger partial charge is 0.142 e. The van der Waals surface area contributed by atoms with Crippen molar-refractivity contribution >= 4 is 17.6 Å². The second-order valence-electron chi connectivity index (χ2n) is 7.75. The Morgan fingerprint density at radius 1 is 1.22 bits per heavy atom. The van der Waals surface area contributed by atoms with Crippen molar-refractivity contribution in [3.05, 3.63) is 53.9 Å². The molecule has 0 fully saturated rings. The third kappa shape index (κ3) is 3.39. The van der Waals surface area contributed by atoms with Gasteiger partial charge in [0.05, 0.1) is 17.7 Å². The number of carbonyl (C=O) groups excluding carboxylic acids is 1. The molecule has 0 radical (unpaired) electrons. The topological polar surface area (TPSA) is 52.1 Å². The lowest BCUT2D eigenvalue weighted by molar-refractivity contribution is -0.109. The summed E-state index contributed by atoms with van der Waals surface area (Å²) >= 11 is 1.60. The number of fused-ring (bicyclic) bond motifs is 1. The fourth-order valence-corrected chi connectivity index (χ4v) is 4.74. The van der Waals surface area contributed by atoms with Crippen molar-refractivity contribution in [2.75, 3.05) is 7.11 Å². The molecular weight excluding hydrogens is 356 g/mol. The van der Waals surface area contributed by atoms with Gasteiger partial charge in [-0.1, -0.05) is 32.0 Å². The summed E-state index contributed by atoms with van der Waals surface area (Å²) in [4.78, 5) is 22.1. The molecule has 1 atom stereocenters. The molecule has 138 valence electrons. The first-order valence-corrected chi connectivity index (χ1v) is 9.87. The van der Waals surface area contributed by atoms with E-state index in [1.54, 1.807) is 18.4 Å². The average molecular weight is 378 g/mol. The van der Waals surface area contributed by atoms with E-state index < -0.39 is 0 Å². The third-order valence-corrected chi connectivity index (χ3v) is 6.14. The first kappa shape index (κ1) is 17.9. The van der Waals surface area contributed by atoms with Gasteiger partial charge < -0.3 is 9.53 Å². The van der Waals surface area contributed by atoms with E-state index in [1.807, 2.05) is 36.5 Å². The van der Waals surface area contributed by atoms with Gasteiger partial charge in [-0.25, -0.2) is 9.97 Å². The summed E-state index contributed by atoms with van der Waals surface area (Å²) in [5.41, 5.74) is 4.06. The predicted octanol–water partition coefficient (Wildman–Crippen LogP) is 5.14. The third-order valence-electron chi connectivity index (χ3n) is 5.09. The summed E-state index contributed by atoms with van der Waals surface area (Å²) in [7, 11) is 1.68. The Morgan fingerprint density at radius 3 is 2.81 bits per heavy atom. The van der Waals surface area contributed by atoms with Crippen molar-refractivity contribution in [2.24, 2.45) is 5.41 Å². The maximum absolute atomic E-state index is 11.5. The van der Waals surface area contributed by atoms with Crippen molar-refractivity contribution in [3.8, 4) is 26.9 Å². The van der Waals surface area contributed by atoms with E-state index in [1.165, 1.54) is 0 Å². The van der Waals surface area contributed by atoms with E-state index in [9.17, 15) is 4.79 Å². The maximum Gasteiger partial charge on any atom is 0.142 e. The number of carbonyl (C=O) groups is 1. The van der Waals surface area contributed by atoms with Crippen LogP contribution in [0, 0.1) is 5.41 Å². The van der Waals surface area contributed by atoms with E-state index in [2.05, 4.69) is 24.9 Å². The van der Waals surface area contributed by atoms with Crippen LogP contribution in [0.1, 0.15) is 37.4 Å². The minimum absolute atomic E-state index is 0.0641. The van der Waals surface area contributed by atoms with Crippen LogP contribution in [0.25, 0.3) is 21.1 Å². The fraction of sp³-hybridized carbons (Fsp3) is 0.318. The summed E-state index contributed by atoms with van der Waals surface area (Å²) in [6.07, 6.45) is 4.69. The zero-order valence-electron chi connectivity index (χ0n) is 15.7. The van der Waals surface area contributed by atoms with Crippen LogP contribution in [-0.4, -0.2) is 23.4 Å². The predicted molar refractivity (Wildman–Crippen MR) is 108 cm³/mol. The van der Waals surface area contributed by atoms with E-state index in [-0.39, 0.29) is 11.3 Å². The Bertz CT molecular complexity index is 993. The number of ether oxygens (including phenoxy) is 1. The molecule has 1 aliphatic carbocycles. The van der Waals surface area contributed by atoms with Gasteiger partial charge in [0.15, 0.2) is 0 Å². The molecule has 0 saturated heterocycles. The molecule has 0 aliphatic heterocycles. The molecule has 27 heavy (non-hydrogen) atoms. The number of thiazole rings is 1. The molecule has 0 saturated carbocycles. The zero-order valence-corrected chi connectivity index (χ0v) is 16.5. The first-order chi connectivity index (χ1) is 13.0. The number of benzene rings is 1. The molecule has 1 aromatic carbocycles. The van der Waals surface area contributed by atoms with E-state index in [4.69, 9.17) is 9.72 Å². The Labute approximate surface area is 163 Å². The standard InChI is InChI=1S/C22H22N2O2S/c1-22(2)10-14(13-25)15-8-9-17(24-18(15)11-22)21-23-12-20(27-21)16-6-4-5-7-19(16)26-3/h4-9,12-14H,10-11H2,1-3H3. The highest BCUT2D eigenvalue weighted by Crippen LogP contribution is 2.42. The van der Waals surface area contributed by atoms with Crippen molar-refractivity contribution in [3.63, 3.8) is 0 Å². The van der Waals surface area contributed by atoms with Gasteiger partial charge in [0.2, 0.25) is 0 Å². The van der Waals surface area contributed by atoms with Crippen molar-refractivity contribution in [1.82, 2.24) is 9.97 Å². The molecule has 5 heteroatoms. The Balaban J connectivity index is 1.72. The van der Waals surface area contributed by atoms with Crippen molar-refractivity contribution in [2.45, 2.75) is 32.6 Å². The lowest BCUT2D eigenvalue weighted by Gasteiger charge is -2.34. The minimum Gasteiger partial charge on any atom is -0.496 e. The molecule has 2 aromatic heterocycles. The van der Waals surface area contributed by atoms with Crippen LogP contribution in [0.5, 0.6) is 5.75 Å². The largest absolute Gasteiger partial charge is 0.496 e.